The number of hydrogen-bond acceptors (Lipinski definition) is 4. The van der Waals surface area contributed by atoms with Crippen LogP contribution in [-0.2, 0) is 9.53 Å². The fourth-order valence-corrected chi connectivity index (χ4v) is 2.03. The zero-order chi connectivity index (χ0) is 15.0. The van der Waals surface area contributed by atoms with Gasteiger partial charge >= 0.3 is 5.97 Å². The van der Waals surface area contributed by atoms with E-state index < -0.39 is 5.54 Å². The number of para-hydroxylation sites is 1. The lowest BCUT2D eigenvalue weighted by molar-refractivity contribution is -0.151. The molecule has 112 valence electrons. The summed E-state index contributed by atoms with van der Waals surface area (Å²) in [5, 5.41) is 3.19. The molecule has 0 amide bonds. The highest BCUT2D eigenvalue weighted by Gasteiger charge is 2.33. The highest BCUT2D eigenvalue weighted by atomic mass is 16.5. The van der Waals surface area contributed by atoms with Gasteiger partial charge in [0, 0.05) is 6.42 Å². The molecule has 1 unspecified atom stereocenters. The van der Waals surface area contributed by atoms with Crippen LogP contribution >= 0.6 is 0 Å². The summed E-state index contributed by atoms with van der Waals surface area (Å²) in [7, 11) is 0. The Bertz CT molecular complexity index is 433. The van der Waals surface area contributed by atoms with Gasteiger partial charge in [0.1, 0.15) is 11.3 Å². The Morgan fingerprint density at radius 3 is 2.60 bits per heavy atom. The third kappa shape index (κ3) is 4.53. The largest absolute Gasteiger partial charge is 0.493 e. The minimum absolute atomic E-state index is 0.227. The molecular weight excluding hydrogens is 254 g/mol. The van der Waals surface area contributed by atoms with Crippen LogP contribution in [0.5, 0.6) is 5.75 Å². The van der Waals surface area contributed by atoms with Crippen molar-refractivity contribution in [1.29, 1.82) is 0 Å². The van der Waals surface area contributed by atoms with Gasteiger partial charge in [-0.15, -0.1) is 0 Å². The predicted octanol–water partition coefficient (Wildman–Crippen LogP) is 2.70. The van der Waals surface area contributed by atoms with Crippen LogP contribution in [0.4, 0.5) is 0 Å². The van der Waals surface area contributed by atoms with E-state index in [0.29, 0.717) is 26.2 Å². The van der Waals surface area contributed by atoms with Gasteiger partial charge in [0.25, 0.3) is 0 Å². The summed E-state index contributed by atoms with van der Waals surface area (Å²) in [5.74, 6) is 0.630. The highest BCUT2D eigenvalue weighted by molar-refractivity contribution is 5.80. The van der Waals surface area contributed by atoms with Crippen LogP contribution < -0.4 is 10.1 Å². The normalized spacial score (nSPS) is 13.6. The molecule has 0 saturated carbocycles. The molecule has 1 rings (SSSR count). The summed E-state index contributed by atoms with van der Waals surface area (Å²) < 4.78 is 10.9. The van der Waals surface area contributed by atoms with E-state index >= 15 is 0 Å². The number of aryl methyl sites for hydroxylation is 1. The maximum Gasteiger partial charge on any atom is 0.326 e. The zero-order valence-corrected chi connectivity index (χ0v) is 12.9. The van der Waals surface area contributed by atoms with Crippen LogP contribution in [0.25, 0.3) is 0 Å². The van der Waals surface area contributed by atoms with Gasteiger partial charge in [-0.05, 0) is 38.9 Å². The number of esters is 1. The molecule has 1 aromatic carbocycles. The molecule has 4 nitrogen and oxygen atoms in total. The molecular formula is C16H25NO3. The number of likely N-dealkylation sites (N-methyl/N-ethyl adjacent to an activating group) is 1. The molecule has 0 radical (unpaired) electrons. The van der Waals surface area contributed by atoms with Gasteiger partial charge < -0.3 is 14.8 Å². The zero-order valence-electron chi connectivity index (χ0n) is 12.9. The first kappa shape index (κ1) is 16.5. The van der Waals surface area contributed by atoms with E-state index in [4.69, 9.17) is 9.47 Å². The van der Waals surface area contributed by atoms with E-state index in [1.165, 1.54) is 0 Å². The minimum atomic E-state index is -0.701. The molecule has 0 bridgehead atoms. The van der Waals surface area contributed by atoms with Crippen molar-refractivity contribution in [2.45, 2.75) is 39.7 Å². The van der Waals surface area contributed by atoms with E-state index in [0.717, 1.165) is 11.3 Å². The summed E-state index contributed by atoms with van der Waals surface area (Å²) >= 11 is 0. The number of rotatable bonds is 8. The molecule has 0 fully saturated rings. The Kier molecular flexibility index (Phi) is 6.52. The lowest BCUT2D eigenvalue weighted by atomic mass is 9.98. The van der Waals surface area contributed by atoms with Crippen LogP contribution in [0.3, 0.4) is 0 Å². The maximum atomic E-state index is 12.0. The van der Waals surface area contributed by atoms with E-state index in [1.807, 2.05) is 52.0 Å². The molecule has 0 aliphatic rings. The predicted molar refractivity (Wildman–Crippen MR) is 80.0 cm³/mol. The summed E-state index contributed by atoms with van der Waals surface area (Å²) in [6.07, 6.45) is 0.563. The van der Waals surface area contributed by atoms with E-state index in [2.05, 4.69) is 5.32 Å². The van der Waals surface area contributed by atoms with Gasteiger partial charge in [-0.2, -0.15) is 0 Å². The first-order valence-electron chi connectivity index (χ1n) is 7.14. The van der Waals surface area contributed by atoms with Crippen molar-refractivity contribution < 1.29 is 14.3 Å². The number of ether oxygens (including phenoxy) is 2. The molecule has 0 aliphatic heterocycles. The van der Waals surface area contributed by atoms with E-state index in [1.54, 1.807) is 0 Å². The van der Waals surface area contributed by atoms with Crippen molar-refractivity contribution in [3.63, 3.8) is 0 Å². The van der Waals surface area contributed by atoms with E-state index in [9.17, 15) is 4.79 Å². The monoisotopic (exact) mass is 279 g/mol. The molecule has 1 atom stereocenters. The maximum absolute atomic E-state index is 12.0. The minimum Gasteiger partial charge on any atom is -0.493 e. The average Bonchev–Trinajstić information content (AvgIpc) is 2.41. The Hall–Kier alpha value is -1.55. The van der Waals surface area contributed by atoms with E-state index in [-0.39, 0.29) is 5.97 Å². The summed E-state index contributed by atoms with van der Waals surface area (Å²) in [4.78, 5) is 12.0. The van der Waals surface area contributed by atoms with Crippen molar-refractivity contribution in [3.8, 4) is 5.75 Å². The Labute approximate surface area is 121 Å². The van der Waals surface area contributed by atoms with Gasteiger partial charge in [0.2, 0.25) is 0 Å². The smallest absolute Gasteiger partial charge is 0.326 e. The van der Waals surface area contributed by atoms with Crippen LogP contribution in [0, 0.1) is 6.92 Å². The summed E-state index contributed by atoms with van der Waals surface area (Å²) in [6, 6.07) is 7.86. The third-order valence-electron chi connectivity index (χ3n) is 3.25. The molecule has 20 heavy (non-hydrogen) atoms. The summed E-state index contributed by atoms with van der Waals surface area (Å²) in [5.41, 5.74) is 0.391. The van der Waals surface area contributed by atoms with Gasteiger partial charge in [0.05, 0.1) is 13.2 Å². The molecule has 0 aromatic heterocycles. The number of hydrogen-bond donors (Lipinski definition) is 1. The Morgan fingerprint density at radius 2 is 2.00 bits per heavy atom. The highest BCUT2D eigenvalue weighted by Crippen LogP contribution is 2.18. The van der Waals surface area contributed by atoms with Crippen molar-refractivity contribution in [1.82, 2.24) is 5.32 Å². The van der Waals surface area contributed by atoms with Crippen molar-refractivity contribution in [2.24, 2.45) is 0 Å². The number of nitrogens with one attached hydrogen (secondary N) is 1. The van der Waals surface area contributed by atoms with Gasteiger partial charge in [0.15, 0.2) is 0 Å². The molecule has 1 N–H and O–H groups in total. The molecule has 1 aromatic rings. The second-order valence-electron chi connectivity index (χ2n) is 4.95. The topological polar surface area (TPSA) is 47.6 Å². The van der Waals surface area contributed by atoms with Gasteiger partial charge in [-0.1, -0.05) is 25.1 Å². The standard InChI is InChI=1S/C16H25NO3/c1-5-17-16(4,15(18)19-6-2)11-12-20-14-10-8-7-9-13(14)3/h7-10,17H,5-6,11-12H2,1-4H3. The first-order valence-corrected chi connectivity index (χ1v) is 7.14. The molecule has 0 aliphatic carbocycles. The first-order chi connectivity index (χ1) is 9.53. The molecule has 0 heterocycles. The van der Waals surface area contributed by atoms with Crippen LogP contribution in [0.15, 0.2) is 24.3 Å². The SMILES string of the molecule is CCNC(C)(CCOc1ccccc1C)C(=O)OCC. The number of benzene rings is 1. The molecule has 0 saturated heterocycles. The summed E-state index contributed by atoms with van der Waals surface area (Å²) in [6.45, 7) is 9.21. The third-order valence-corrected chi connectivity index (χ3v) is 3.25. The van der Waals surface area contributed by atoms with Gasteiger partial charge in [-0.25, -0.2) is 0 Å². The van der Waals surface area contributed by atoms with Crippen molar-refractivity contribution in [3.05, 3.63) is 29.8 Å². The lowest BCUT2D eigenvalue weighted by Gasteiger charge is -2.28. The van der Waals surface area contributed by atoms with Crippen LogP contribution in [0.2, 0.25) is 0 Å². The Morgan fingerprint density at radius 1 is 1.30 bits per heavy atom. The molecule has 4 heteroatoms. The number of carbonyl (C=O) groups excluding carboxylic acids is 1. The second-order valence-corrected chi connectivity index (χ2v) is 4.95. The van der Waals surface area contributed by atoms with Crippen molar-refractivity contribution in [2.75, 3.05) is 19.8 Å². The number of carbonyl (C=O) groups is 1. The molecule has 0 spiro atoms. The van der Waals surface area contributed by atoms with Crippen LogP contribution in [-0.4, -0.2) is 31.3 Å². The average molecular weight is 279 g/mol. The van der Waals surface area contributed by atoms with Crippen molar-refractivity contribution >= 4 is 5.97 Å². The second kappa shape index (κ2) is 7.90. The van der Waals surface area contributed by atoms with Crippen LogP contribution in [0.1, 0.15) is 32.8 Å². The quantitative estimate of drug-likeness (QED) is 0.743. The van der Waals surface area contributed by atoms with Gasteiger partial charge in [-0.3, -0.25) is 4.79 Å². The lowest BCUT2D eigenvalue weighted by Crippen LogP contribution is -2.51. The fourth-order valence-electron chi connectivity index (χ4n) is 2.03. The fraction of sp³-hybridized carbons (Fsp3) is 0.562. The Balaban J connectivity index is 2.59.